The topological polar surface area (TPSA) is 21.4 Å². The van der Waals surface area contributed by atoms with Gasteiger partial charge in [-0.3, -0.25) is 4.79 Å². The fourth-order valence-electron chi connectivity index (χ4n) is 1.99. The predicted molar refractivity (Wildman–Crippen MR) is 73.9 cm³/mol. The Labute approximate surface area is 113 Å². The molecule has 2 rings (SSSR count). The van der Waals surface area contributed by atoms with Crippen LogP contribution in [0.5, 0.6) is 0 Å². The highest BCUT2D eigenvalue weighted by molar-refractivity contribution is 9.11. The summed E-state index contributed by atoms with van der Waals surface area (Å²) in [6.45, 7) is 12.7. The van der Waals surface area contributed by atoms with E-state index in [2.05, 4.69) is 20.8 Å². The minimum atomic E-state index is 0.0497. The van der Waals surface area contributed by atoms with Crippen LogP contribution < -0.4 is 0 Å². The highest BCUT2D eigenvalue weighted by Crippen LogP contribution is 2.45. The molecule has 1 aliphatic rings. The van der Waals surface area contributed by atoms with Crippen molar-refractivity contribution in [2.24, 2.45) is 0 Å². The summed E-state index contributed by atoms with van der Waals surface area (Å²) < 4.78 is 0.930. The predicted octanol–water partition coefficient (Wildman–Crippen LogP) is 4.69. The molecule has 1 aromatic heterocycles. The monoisotopic (exact) mass is 307 g/mol. The molecule has 86 valence electrons. The SMILES string of the molecule is [C-]#[N+]/C(C)=C1/C(=C(C)C)C(=O)c2sc(Br)cc21. The largest absolute Gasteiger partial charge is 0.288 e. The zero-order chi connectivity index (χ0) is 12.7. The standard InChI is InChI=1S/C13H10BrNOS/c1-6(2)10-11(7(3)15-4)8-5-9(14)17-13(8)12(10)16/h5H,1-3H3/b11-7+. The Morgan fingerprint density at radius 3 is 2.53 bits per heavy atom. The number of rotatable bonds is 0. The van der Waals surface area contributed by atoms with Crippen LogP contribution in [0.4, 0.5) is 0 Å². The average Bonchev–Trinajstić information content (AvgIpc) is 2.75. The number of hydrogen-bond acceptors (Lipinski definition) is 2. The maximum atomic E-state index is 12.3. The first-order chi connectivity index (χ1) is 7.97. The van der Waals surface area contributed by atoms with Crippen LogP contribution in [0.2, 0.25) is 0 Å². The number of carbonyl (C=O) groups is 1. The van der Waals surface area contributed by atoms with Gasteiger partial charge in [0.15, 0.2) is 5.70 Å². The minimum absolute atomic E-state index is 0.0497. The van der Waals surface area contributed by atoms with E-state index >= 15 is 0 Å². The zero-order valence-electron chi connectivity index (χ0n) is 9.72. The smallest absolute Gasteiger partial charge is 0.202 e. The fraction of sp³-hybridized carbons (Fsp3) is 0.231. The first-order valence-corrected chi connectivity index (χ1v) is 6.69. The Morgan fingerprint density at radius 2 is 2.00 bits per heavy atom. The minimum Gasteiger partial charge on any atom is -0.288 e. The Balaban J connectivity index is 2.84. The summed E-state index contributed by atoms with van der Waals surface area (Å²) in [5, 5.41) is 0. The van der Waals surface area contributed by atoms with Gasteiger partial charge in [0, 0.05) is 5.57 Å². The van der Waals surface area contributed by atoms with E-state index in [9.17, 15) is 4.79 Å². The molecular formula is C13H10BrNOS. The normalized spacial score (nSPS) is 16.9. The van der Waals surface area contributed by atoms with Crippen molar-refractivity contribution in [3.8, 4) is 0 Å². The Bertz CT molecular complexity index is 624. The third kappa shape index (κ3) is 1.80. The quantitative estimate of drug-likeness (QED) is 0.503. The summed E-state index contributed by atoms with van der Waals surface area (Å²) in [5.41, 5.74) is 3.96. The second-order valence-corrected chi connectivity index (χ2v) is 6.50. The van der Waals surface area contributed by atoms with Gasteiger partial charge < -0.3 is 0 Å². The zero-order valence-corrected chi connectivity index (χ0v) is 12.1. The Morgan fingerprint density at radius 1 is 1.35 bits per heavy atom. The van der Waals surface area contributed by atoms with Crippen molar-refractivity contribution in [1.29, 1.82) is 0 Å². The summed E-state index contributed by atoms with van der Waals surface area (Å²) in [7, 11) is 0. The van der Waals surface area contributed by atoms with E-state index in [1.807, 2.05) is 19.9 Å². The number of carbonyl (C=O) groups excluding carboxylic acids is 1. The van der Waals surface area contributed by atoms with Gasteiger partial charge in [-0.15, -0.1) is 11.3 Å². The molecule has 0 radical (unpaired) electrons. The van der Waals surface area contributed by atoms with Crippen molar-refractivity contribution in [2.45, 2.75) is 20.8 Å². The number of allylic oxidation sites excluding steroid dienone is 4. The fourth-order valence-corrected chi connectivity index (χ4v) is 3.54. The molecule has 2 nitrogen and oxygen atoms in total. The van der Waals surface area contributed by atoms with E-state index in [0.29, 0.717) is 11.3 Å². The molecule has 4 heteroatoms. The second kappa shape index (κ2) is 4.25. The van der Waals surface area contributed by atoms with Crippen molar-refractivity contribution >= 4 is 38.6 Å². The van der Waals surface area contributed by atoms with Crippen LogP contribution in [-0.4, -0.2) is 5.78 Å². The molecule has 0 amide bonds. The number of nitrogens with zero attached hydrogens (tertiary/aromatic N) is 1. The van der Waals surface area contributed by atoms with E-state index in [-0.39, 0.29) is 5.78 Å². The number of Topliss-reactive ketones (excluding diaryl/α,β-unsaturated/α-hetero) is 1. The van der Waals surface area contributed by atoms with Gasteiger partial charge in [-0.2, -0.15) is 0 Å². The van der Waals surface area contributed by atoms with Gasteiger partial charge in [0.1, 0.15) is 0 Å². The van der Waals surface area contributed by atoms with Gasteiger partial charge in [0.05, 0.1) is 15.2 Å². The number of thiophene rings is 1. The highest BCUT2D eigenvalue weighted by atomic mass is 79.9. The Hall–Kier alpha value is -1.18. The van der Waals surface area contributed by atoms with Gasteiger partial charge in [-0.25, -0.2) is 4.85 Å². The molecule has 0 saturated heterocycles. The van der Waals surface area contributed by atoms with Crippen molar-refractivity contribution in [3.63, 3.8) is 0 Å². The summed E-state index contributed by atoms with van der Waals surface area (Å²) in [6.07, 6.45) is 0. The summed E-state index contributed by atoms with van der Waals surface area (Å²) in [6, 6.07) is 1.93. The summed E-state index contributed by atoms with van der Waals surface area (Å²) in [4.78, 5) is 16.5. The lowest BCUT2D eigenvalue weighted by atomic mass is 10.00. The van der Waals surface area contributed by atoms with Crippen LogP contribution in [0.1, 0.15) is 36.0 Å². The van der Waals surface area contributed by atoms with Crippen molar-refractivity contribution < 1.29 is 4.79 Å². The van der Waals surface area contributed by atoms with E-state index in [1.54, 1.807) is 6.92 Å². The van der Waals surface area contributed by atoms with Crippen LogP contribution in [0.15, 0.2) is 26.7 Å². The van der Waals surface area contributed by atoms with E-state index in [0.717, 1.165) is 25.4 Å². The lowest BCUT2D eigenvalue weighted by molar-refractivity contribution is 0.104. The third-order valence-corrected chi connectivity index (χ3v) is 4.32. The highest BCUT2D eigenvalue weighted by Gasteiger charge is 2.33. The molecule has 0 fully saturated rings. The molecule has 1 heterocycles. The lowest BCUT2D eigenvalue weighted by Crippen LogP contribution is -1.96. The van der Waals surface area contributed by atoms with Crippen molar-refractivity contribution in [3.05, 3.63) is 48.6 Å². The molecule has 0 spiro atoms. The molecule has 0 aromatic carbocycles. The van der Waals surface area contributed by atoms with Crippen LogP contribution in [0.3, 0.4) is 0 Å². The molecule has 0 unspecified atom stereocenters. The molecule has 0 bridgehead atoms. The van der Waals surface area contributed by atoms with Crippen LogP contribution >= 0.6 is 27.3 Å². The average molecular weight is 308 g/mol. The van der Waals surface area contributed by atoms with Gasteiger partial charge in [-0.1, -0.05) is 5.57 Å². The maximum Gasteiger partial charge on any atom is 0.202 e. The molecule has 0 saturated carbocycles. The first kappa shape index (κ1) is 12.3. The van der Waals surface area contributed by atoms with Gasteiger partial charge in [0.2, 0.25) is 5.78 Å². The van der Waals surface area contributed by atoms with Gasteiger partial charge in [0.25, 0.3) is 0 Å². The molecule has 0 N–H and O–H groups in total. The van der Waals surface area contributed by atoms with Crippen molar-refractivity contribution in [2.75, 3.05) is 0 Å². The number of ketones is 1. The van der Waals surface area contributed by atoms with Crippen LogP contribution in [-0.2, 0) is 0 Å². The Kier molecular flexibility index (Phi) is 3.07. The summed E-state index contributed by atoms with van der Waals surface area (Å²) in [5.74, 6) is 0.0497. The van der Waals surface area contributed by atoms with Crippen molar-refractivity contribution in [1.82, 2.24) is 0 Å². The van der Waals surface area contributed by atoms with Crippen LogP contribution in [0, 0.1) is 6.57 Å². The molecule has 1 aromatic rings. The third-order valence-electron chi connectivity index (χ3n) is 2.68. The summed E-state index contributed by atoms with van der Waals surface area (Å²) >= 11 is 4.82. The maximum absolute atomic E-state index is 12.3. The molecular weight excluding hydrogens is 298 g/mol. The first-order valence-electron chi connectivity index (χ1n) is 5.08. The molecule has 17 heavy (non-hydrogen) atoms. The second-order valence-electron chi connectivity index (χ2n) is 4.07. The molecule has 0 aliphatic heterocycles. The molecule has 1 aliphatic carbocycles. The van der Waals surface area contributed by atoms with Gasteiger partial charge in [-0.05, 0) is 53.9 Å². The van der Waals surface area contributed by atoms with E-state index < -0.39 is 0 Å². The number of fused-ring (bicyclic) bond motifs is 1. The van der Waals surface area contributed by atoms with Gasteiger partial charge >= 0.3 is 0 Å². The number of hydrogen-bond donors (Lipinski definition) is 0. The lowest BCUT2D eigenvalue weighted by Gasteiger charge is -2.04. The molecule has 0 atom stereocenters. The van der Waals surface area contributed by atoms with E-state index in [4.69, 9.17) is 6.57 Å². The van der Waals surface area contributed by atoms with E-state index in [1.165, 1.54) is 11.3 Å². The van der Waals surface area contributed by atoms with Crippen LogP contribution in [0.25, 0.3) is 10.4 Å². The number of halogens is 1.